The SMILES string of the molecule is COC(=O)c1c(NC(=O)CSc2nnc(CCc3ccccc3)n2C)sc(C)c1-c1ccccc1. The van der Waals surface area contributed by atoms with E-state index in [4.69, 9.17) is 4.74 Å². The standard InChI is InChI=1S/C26H26N4O3S2/c1-17-22(19-12-8-5-9-13-19)23(25(32)33-3)24(35-17)27-21(31)16-34-26-29-28-20(30(26)2)15-14-18-10-6-4-7-11-18/h4-13H,14-16H2,1-3H3,(H,27,31). The van der Waals surface area contributed by atoms with Gasteiger partial charge in [-0.1, -0.05) is 72.4 Å². The highest BCUT2D eigenvalue weighted by molar-refractivity contribution is 7.99. The van der Waals surface area contributed by atoms with Crippen LogP contribution < -0.4 is 5.32 Å². The van der Waals surface area contributed by atoms with Gasteiger partial charge in [0.1, 0.15) is 16.4 Å². The van der Waals surface area contributed by atoms with E-state index in [9.17, 15) is 9.59 Å². The molecule has 4 aromatic rings. The van der Waals surface area contributed by atoms with Crippen molar-refractivity contribution < 1.29 is 14.3 Å². The van der Waals surface area contributed by atoms with Gasteiger partial charge >= 0.3 is 5.97 Å². The Hall–Kier alpha value is -3.43. The molecule has 2 heterocycles. The quantitative estimate of drug-likeness (QED) is 0.249. The van der Waals surface area contributed by atoms with Gasteiger partial charge in [-0.15, -0.1) is 21.5 Å². The van der Waals surface area contributed by atoms with Crippen LogP contribution in [-0.4, -0.2) is 39.5 Å². The molecule has 2 aromatic heterocycles. The highest BCUT2D eigenvalue weighted by Gasteiger charge is 2.25. The van der Waals surface area contributed by atoms with Gasteiger partial charge in [-0.2, -0.15) is 0 Å². The summed E-state index contributed by atoms with van der Waals surface area (Å²) in [6.45, 7) is 1.93. The first-order valence-corrected chi connectivity index (χ1v) is 12.9. The maximum absolute atomic E-state index is 12.8. The largest absolute Gasteiger partial charge is 0.465 e. The summed E-state index contributed by atoms with van der Waals surface area (Å²) in [5.74, 6) is 0.302. The Kier molecular flexibility index (Phi) is 7.99. The summed E-state index contributed by atoms with van der Waals surface area (Å²) in [6.07, 6.45) is 1.63. The summed E-state index contributed by atoms with van der Waals surface area (Å²) in [5, 5.41) is 12.6. The molecule has 2 aromatic carbocycles. The molecule has 4 rings (SSSR count). The third kappa shape index (κ3) is 5.80. The summed E-state index contributed by atoms with van der Waals surface area (Å²) < 4.78 is 6.95. The topological polar surface area (TPSA) is 86.1 Å². The number of aryl methyl sites for hydroxylation is 3. The number of hydrogen-bond donors (Lipinski definition) is 1. The normalized spacial score (nSPS) is 10.8. The number of thioether (sulfide) groups is 1. The van der Waals surface area contributed by atoms with E-state index < -0.39 is 5.97 Å². The highest BCUT2D eigenvalue weighted by atomic mass is 32.2. The van der Waals surface area contributed by atoms with Gasteiger partial charge in [-0.3, -0.25) is 4.79 Å². The lowest BCUT2D eigenvalue weighted by molar-refractivity contribution is -0.113. The molecule has 0 aliphatic carbocycles. The van der Waals surface area contributed by atoms with Gasteiger partial charge in [-0.25, -0.2) is 4.79 Å². The molecular formula is C26H26N4O3S2. The lowest BCUT2D eigenvalue weighted by atomic mass is 10.0. The van der Waals surface area contributed by atoms with Crippen LogP contribution in [0, 0.1) is 6.92 Å². The number of hydrogen-bond acceptors (Lipinski definition) is 7. The van der Waals surface area contributed by atoms with Crippen molar-refractivity contribution in [3.8, 4) is 11.1 Å². The molecule has 0 fully saturated rings. The van der Waals surface area contributed by atoms with Gasteiger partial charge in [0, 0.05) is 23.9 Å². The Morgan fingerprint density at radius 1 is 1.03 bits per heavy atom. The number of ether oxygens (including phenoxy) is 1. The van der Waals surface area contributed by atoms with E-state index >= 15 is 0 Å². The van der Waals surface area contributed by atoms with E-state index in [0.29, 0.717) is 15.7 Å². The van der Waals surface area contributed by atoms with E-state index in [0.717, 1.165) is 34.7 Å². The van der Waals surface area contributed by atoms with Crippen molar-refractivity contribution in [2.45, 2.75) is 24.9 Å². The first-order chi connectivity index (χ1) is 17.0. The van der Waals surface area contributed by atoms with Gasteiger partial charge in [0.25, 0.3) is 0 Å². The smallest absolute Gasteiger partial charge is 0.341 e. The van der Waals surface area contributed by atoms with E-state index in [-0.39, 0.29) is 11.7 Å². The van der Waals surface area contributed by atoms with Gasteiger partial charge < -0.3 is 14.6 Å². The lowest BCUT2D eigenvalue weighted by Gasteiger charge is -2.08. The number of amides is 1. The zero-order valence-corrected chi connectivity index (χ0v) is 21.4. The van der Waals surface area contributed by atoms with Crippen LogP contribution in [0.2, 0.25) is 0 Å². The van der Waals surface area contributed by atoms with Crippen LogP contribution in [0.1, 0.15) is 26.6 Å². The molecule has 0 saturated heterocycles. The minimum atomic E-state index is -0.479. The lowest BCUT2D eigenvalue weighted by Crippen LogP contribution is -2.16. The molecule has 0 bridgehead atoms. The van der Waals surface area contributed by atoms with E-state index in [2.05, 4.69) is 27.6 Å². The van der Waals surface area contributed by atoms with E-state index in [1.54, 1.807) is 0 Å². The zero-order chi connectivity index (χ0) is 24.8. The van der Waals surface area contributed by atoms with Crippen molar-refractivity contribution in [2.24, 2.45) is 7.05 Å². The molecule has 0 spiro atoms. The molecule has 0 atom stereocenters. The summed E-state index contributed by atoms with van der Waals surface area (Å²) >= 11 is 2.68. The summed E-state index contributed by atoms with van der Waals surface area (Å²) in [5.41, 5.74) is 3.30. The maximum atomic E-state index is 12.8. The van der Waals surface area contributed by atoms with E-state index in [1.807, 2.05) is 67.1 Å². The number of rotatable bonds is 9. The molecule has 1 N–H and O–H groups in total. The first kappa shape index (κ1) is 24.7. The van der Waals surface area contributed by atoms with Gasteiger partial charge in [0.05, 0.1) is 12.9 Å². The second kappa shape index (κ2) is 11.3. The third-order valence-electron chi connectivity index (χ3n) is 5.53. The zero-order valence-electron chi connectivity index (χ0n) is 19.8. The number of thiophene rings is 1. The number of benzene rings is 2. The minimum absolute atomic E-state index is 0.142. The van der Waals surface area contributed by atoms with Crippen molar-refractivity contribution in [1.29, 1.82) is 0 Å². The van der Waals surface area contributed by atoms with Crippen LogP contribution in [0.4, 0.5) is 5.00 Å². The molecular weight excluding hydrogens is 480 g/mol. The monoisotopic (exact) mass is 506 g/mol. The van der Waals surface area contributed by atoms with Gasteiger partial charge in [0.2, 0.25) is 5.91 Å². The summed E-state index contributed by atoms with van der Waals surface area (Å²) in [6, 6.07) is 19.9. The number of carbonyl (C=O) groups is 2. The Morgan fingerprint density at radius 2 is 1.71 bits per heavy atom. The number of esters is 1. The Bertz CT molecular complexity index is 1320. The van der Waals surface area contributed by atoms with Crippen molar-refractivity contribution in [1.82, 2.24) is 14.8 Å². The predicted molar refractivity (Wildman–Crippen MR) is 140 cm³/mol. The average molecular weight is 507 g/mol. The van der Waals surface area contributed by atoms with Gasteiger partial charge in [0.15, 0.2) is 5.16 Å². The molecule has 9 heteroatoms. The number of anilines is 1. The van der Waals surface area contributed by atoms with Crippen LogP contribution in [0.5, 0.6) is 0 Å². The average Bonchev–Trinajstić information content (AvgIpc) is 3.40. The molecule has 1 amide bonds. The molecule has 0 aliphatic rings. The fourth-order valence-corrected chi connectivity index (χ4v) is 5.57. The van der Waals surface area contributed by atoms with Crippen molar-refractivity contribution in [2.75, 3.05) is 18.2 Å². The molecule has 35 heavy (non-hydrogen) atoms. The molecule has 0 radical (unpaired) electrons. The number of nitrogens with zero attached hydrogens (tertiary/aromatic N) is 3. The summed E-state index contributed by atoms with van der Waals surface area (Å²) in [4.78, 5) is 26.3. The van der Waals surface area contributed by atoms with Gasteiger partial charge in [-0.05, 0) is 24.5 Å². The fourth-order valence-electron chi connectivity index (χ4n) is 3.76. The first-order valence-electron chi connectivity index (χ1n) is 11.1. The molecule has 0 unspecified atom stereocenters. The van der Waals surface area contributed by atoms with Crippen LogP contribution in [0.15, 0.2) is 65.8 Å². The second-order valence-electron chi connectivity index (χ2n) is 7.88. The van der Waals surface area contributed by atoms with Crippen LogP contribution in [0.25, 0.3) is 11.1 Å². The number of aromatic nitrogens is 3. The minimum Gasteiger partial charge on any atom is -0.465 e. The third-order valence-corrected chi connectivity index (χ3v) is 7.57. The molecule has 0 saturated carbocycles. The second-order valence-corrected chi connectivity index (χ2v) is 10.0. The van der Waals surface area contributed by atoms with Crippen LogP contribution >= 0.6 is 23.1 Å². The number of carbonyl (C=O) groups excluding carboxylic acids is 2. The van der Waals surface area contributed by atoms with Crippen molar-refractivity contribution in [3.05, 3.63) is 82.5 Å². The van der Waals surface area contributed by atoms with Crippen molar-refractivity contribution >= 4 is 40.0 Å². The van der Waals surface area contributed by atoms with Crippen LogP contribution in [0.3, 0.4) is 0 Å². The van der Waals surface area contributed by atoms with Crippen molar-refractivity contribution in [3.63, 3.8) is 0 Å². The highest BCUT2D eigenvalue weighted by Crippen LogP contribution is 2.40. The number of methoxy groups -OCH3 is 1. The Morgan fingerprint density at radius 3 is 2.40 bits per heavy atom. The molecule has 0 aliphatic heterocycles. The Balaban J connectivity index is 1.43. The maximum Gasteiger partial charge on any atom is 0.341 e. The molecule has 180 valence electrons. The van der Waals surface area contributed by atoms with E-state index in [1.165, 1.54) is 35.8 Å². The number of nitrogens with one attached hydrogen (secondary N) is 1. The molecule has 7 nitrogen and oxygen atoms in total. The predicted octanol–water partition coefficient (Wildman–Crippen LogP) is 5.15. The van der Waals surface area contributed by atoms with Crippen LogP contribution in [-0.2, 0) is 29.4 Å². The fraction of sp³-hybridized carbons (Fsp3) is 0.231. The summed E-state index contributed by atoms with van der Waals surface area (Å²) in [7, 11) is 3.25. The Labute approximate surface area is 212 Å².